The van der Waals surface area contributed by atoms with Gasteiger partial charge in [-0.25, -0.2) is 0 Å². The van der Waals surface area contributed by atoms with Crippen LogP contribution in [0.25, 0.3) is 0 Å². The summed E-state index contributed by atoms with van der Waals surface area (Å²) in [6.07, 6.45) is 5.82. The Kier molecular flexibility index (Phi) is 4.65. The van der Waals surface area contributed by atoms with Crippen LogP contribution in [0, 0.1) is 17.8 Å². The number of aryl methyl sites for hydroxylation is 1. The summed E-state index contributed by atoms with van der Waals surface area (Å²) < 4.78 is 1.69. The number of rotatable bonds is 5. The van der Waals surface area contributed by atoms with Crippen LogP contribution < -0.4 is 0 Å². The molecule has 1 aromatic heterocycles. The third-order valence-electron chi connectivity index (χ3n) is 4.43. The molecule has 21 heavy (non-hydrogen) atoms. The van der Waals surface area contributed by atoms with E-state index in [0.29, 0.717) is 25.3 Å². The van der Waals surface area contributed by atoms with Gasteiger partial charge in [-0.2, -0.15) is 5.10 Å². The highest BCUT2D eigenvalue weighted by molar-refractivity contribution is 5.85. The van der Waals surface area contributed by atoms with Crippen molar-refractivity contribution in [2.75, 3.05) is 7.05 Å². The summed E-state index contributed by atoms with van der Waals surface area (Å²) in [6, 6.07) is 0. The lowest BCUT2D eigenvalue weighted by molar-refractivity contribution is -0.148. The van der Waals surface area contributed by atoms with Gasteiger partial charge in [-0.05, 0) is 18.8 Å². The zero-order valence-corrected chi connectivity index (χ0v) is 12.8. The number of amides is 1. The molecule has 0 aromatic carbocycles. The van der Waals surface area contributed by atoms with Gasteiger partial charge in [0, 0.05) is 32.4 Å². The third-order valence-corrected chi connectivity index (χ3v) is 4.43. The first-order chi connectivity index (χ1) is 9.92. The maximum Gasteiger partial charge on any atom is 0.307 e. The average molecular weight is 293 g/mol. The minimum absolute atomic E-state index is 0.0674. The van der Waals surface area contributed by atoms with Gasteiger partial charge in [0.15, 0.2) is 0 Å². The smallest absolute Gasteiger partial charge is 0.307 e. The number of carbonyl (C=O) groups is 2. The van der Waals surface area contributed by atoms with Crippen LogP contribution in [0.2, 0.25) is 0 Å². The van der Waals surface area contributed by atoms with Crippen LogP contribution in [0.4, 0.5) is 0 Å². The number of carboxylic acids is 1. The van der Waals surface area contributed by atoms with Gasteiger partial charge in [0.2, 0.25) is 5.91 Å². The van der Waals surface area contributed by atoms with E-state index in [2.05, 4.69) is 12.0 Å². The first kappa shape index (κ1) is 15.5. The lowest BCUT2D eigenvalue weighted by Crippen LogP contribution is -2.36. The fraction of sp³-hybridized carbons (Fsp3) is 0.667. The average Bonchev–Trinajstić information content (AvgIpc) is 3.04. The highest BCUT2D eigenvalue weighted by atomic mass is 16.4. The van der Waals surface area contributed by atoms with Crippen molar-refractivity contribution < 1.29 is 14.7 Å². The first-order valence-electron chi connectivity index (χ1n) is 7.37. The predicted octanol–water partition coefficient (Wildman–Crippen LogP) is 1.52. The normalized spacial score (nSPS) is 25.0. The molecule has 1 amide bonds. The molecular weight excluding hydrogens is 270 g/mol. The van der Waals surface area contributed by atoms with Gasteiger partial charge in [-0.3, -0.25) is 14.3 Å². The molecule has 1 aliphatic carbocycles. The molecule has 1 N–H and O–H groups in total. The van der Waals surface area contributed by atoms with Crippen molar-refractivity contribution in [3.05, 3.63) is 18.0 Å². The molecule has 6 nitrogen and oxygen atoms in total. The molecule has 1 fully saturated rings. The zero-order valence-electron chi connectivity index (χ0n) is 12.8. The monoisotopic (exact) mass is 293 g/mol. The molecule has 0 bridgehead atoms. The quantitative estimate of drug-likeness (QED) is 0.893. The maximum atomic E-state index is 12.6. The van der Waals surface area contributed by atoms with E-state index >= 15 is 0 Å². The van der Waals surface area contributed by atoms with Gasteiger partial charge in [-0.15, -0.1) is 0 Å². The Morgan fingerprint density at radius 3 is 2.62 bits per heavy atom. The lowest BCUT2D eigenvalue weighted by atomic mass is 9.95. The number of aliphatic carboxylic acids is 1. The molecule has 116 valence electrons. The molecule has 3 atom stereocenters. The Labute approximate surface area is 124 Å². The number of hydrogen-bond donors (Lipinski definition) is 1. The SMILES string of the molecule is CCC1CC(C(=O)O)C(C(=O)N(C)Cc2cnn(C)c2)C1. The van der Waals surface area contributed by atoms with Crippen LogP contribution in [0.5, 0.6) is 0 Å². The second kappa shape index (κ2) is 6.28. The number of aromatic nitrogens is 2. The number of hydrogen-bond acceptors (Lipinski definition) is 3. The van der Waals surface area contributed by atoms with Crippen LogP contribution in [0.3, 0.4) is 0 Å². The van der Waals surface area contributed by atoms with Crippen LogP contribution in [-0.2, 0) is 23.2 Å². The molecule has 6 heteroatoms. The molecule has 1 aromatic rings. The molecule has 0 aliphatic heterocycles. The largest absolute Gasteiger partial charge is 0.481 e. The van der Waals surface area contributed by atoms with Crippen LogP contribution in [0.15, 0.2) is 12.4 Å². The van der Waals surface area contributed by atoms with Gasteiger partial charge in [-0.1, -0.05) is 13.3 Å². The van der Waals surface area contributed by atoms with Crippen molar-refractivity contribution in [1.82, 2.24) is 14.7 Å². The van der Waals surface area contributed by atoms with Crippen molar-refractivity contribution in [3.8, 4) is 0 Å². The van der Waals surface area contributed by atoms with Crippen molar-refractivity contribution in [2.45, 2.75) is 32.7 Å². The molecule has 0 spiro atoms. The third kappa shape index (κ3) is 3.43. The Hall–Kier alpha value is -1.85. The minimum Gasteiger partial charge on any atom is -0.481 e. The topological polar surface area (TPSA) is 75.4 Å². The van der Waals surface area contributed by atoms with E-state index in [1.54, 1.807) is 22.8 Å². The summed E-state index contributed by atoms with van der Waals surface area (Å²) >= 11 is 0. The predicted molar refractivity (Wildman–Crippen MR) is 77.3 cm³/mol. The summed E-state index contributed by atoms with van der Waals surface area (Å²) in [5.41, 5.74) is 0.949. The van der Waals surface area contributed by atoms with Gasteiger partial charge in [0.25, 0.3) is 0 Å². The van der Waals surface area contributed by atoms with Crippen molar-refractivity contribution in [3.63, 3.8) is 0 Å². The molecule has 0 saturated heterocycles. The van der Waals surface area contributed by atoms with Gasteiger partial charge < -0.3 is 10.0 Å². The molecule has 1 saturated carbocycles. The summed E-state index contributed by atoms with van der Waals surface area (Å²) in [5, 5.41) is 13.4. The van der Waals surface area contributed by atoms with Crippen LogP contribution in [-0.4, -0.2) is 38.7 Å². The summed E-state index contributed by atoms with van der Waals surface area (Å²) in [4.78, 5) is 25.6. The zero-order chi connectivity index (χ0) is 15.6. The van der Waals surface area contributed by atoms with Crippen molar-refractivity contribution in [1.29, 1.82) is 0 Å². The summed E-state index contributed by atoms with van der Waals surface area (Å²) in [6.45, 7) is 2.52. The molecule has 2 rings (SSSR count). The Bertz CT molecular complexity index is 526. The van der Waals surface area contributed by atoms with Gasteiger partial charge >= 0.3 is 5.97 Å². The molecule has 1 aliphatic rings. The standard InChI is InChI=1S/C15H23N3O3/c1-4-10-5-12(13(6-10)15(20)21)14(19)17(2)8-11-7-16-18(3)9-11/h7,9-10,12-13H,4-6,8H2,1-3H3,(H,20,21). The number of carbonyl (C=O) groups excluding carboxylic acids is 1. The van der Waals surface area contributed by atoms with E-state index in [4.69, 9.17) is 0 Å². The van der Waals surface area contributed by atoms with E-state index in [1.165, 1.54) is 0 Å². The minimum atomic E-state index is -0.848. The van der Waals surface area contributed by atoms with Crippen molar-refractivity contribution in [2.24, 2.45) is 24.8 Å². The highest BCUT2D eigenvalue weighted by Crippen LogP contribution is 2.39. The van der Waals surface area contributed by atoms with Crippen LogP contribution in [0.1, 0.15) is 31.7 Å². The maximum absolute atomic E-state index is 12.6. The Morgan fingerprint density at radius 2 is 2.10 bits per heavy atom. The highest BCUT2D eigenvalue weighted by Gasteiger charge is 2.43. The fourth-order valence-electron chi connectivity index (χ4n) is 3.21. The van der Waals surface area contributed by atoms with E-state index in [1.807, 2.05) is 13.2 Å². The van der Waals surface area contributed by atoms with Crippen LogP contribution >= 0.6 is 0 Å². The van der Waals surface area contributed by atoms with E-state index in [0.717, 1.165) is 12.0 Å². The summed E-state index contributed by atoms with van der Waals surface area (Å²) in [7, 11) is 3.56. The molecule has 3 unspecified atom stereocenters. The second-order valence-corrected chi connectivity index (χ2v) is 6.01. The van der Waals surface area contributed by atoms with E-state index in [-0.39, 0.29) is 5.91 Å². The van der Waals surface area contributed by atoms with E-state index in [9.17, 15) is 14.7 Å². The summed E-state index contributed by atoms with van der Waals surface area (Å²) in [5.74, 6) is -1.51. The fourth-order valence-corrected chi connectivity index (χ4v) is 3.21. The van der Waals surface area contributed by atoms with Gasteiger partial charge in [0.1, 0.15) is 0 Å². The molecular formula is C15H23N3O3. The van der Waals surface area contributed by atoms with Gasteiger partial charge in [0.05, 0.1) is 18.0 Å². The second-order valence-electron chi connectivity index (χ2n) is 6.01. The lowest BCUT2D eigenvalue weighted by Gasteiger charge is -2.23. The number of carboxylic acid groups (broad SMARTS) is 1. The first-order valence-corrected chi connectivity index (χ1v) is 7.37. The molecule has 0 radical (unpaired) electrons. The number of nitrogens with zero attached hydrogens (tertiary/aromatic N) is 3. The Morgan fingerprint density at radius 1 is 1.43 bits per heavy atom. The van der Waals surface area contributed by atoms with E-state index < -0.39 is 17.8 Å². The Balaban J connectivity index is 2.05. The molecule has 1 heterocycles. The van der Waals surface area contributed by atoms with Crippen molar-refractivity contribution >= 4 is 11.9 Å².